The Kier molecular flexibility index (Phi) is 5.53. The smallest absolute Gasteiger partial charge is 0.0449 e. The van der Waals surface area contributed by atoms with Gasteiger partial charge in [0.1, 0.15) is 0 Å². The van der Waals surface area contributed by atoms with Crippen molar-refractivity contribution in [2.75, 3.05) is 13.6 Å². The average molecular weight is 331 g/mol. The van der Waals surface area contributed by atoms with E-state index in [-0.39, 0.29) is 0 Å². The minimum Gasteiger partial charge on any atom is -0.319 e. The molecule has 0 amide bonds. The number of rotatable bonds is 5. The zero-order valence-corrected chi connectivity index (χ0v) is 13.2. The standard InChI is InChI=1S/C15H21BrClN/c1-18-10-13(11-4-2-3-5-11)8-12-6-7-14(16)9-15(12)17/h6-7,9,11,13,18H,2-5,8,10H2,1H3. The van der Waals surface area contributed by atoms with Crippen molar-refractivity contribution in [3.8, 4) is 0 Å². The molecule has 1 fully saturated rings. The van der Waals surface area contributed by atoms with Gasteiger partial charge >= 0.3 is 0 Å². The summed E-state index contributed by atoms with van der Waals surface area (Å²) in [6, 6.07) is 6.25. The van der Waals surface area contributed by atoms with Gasteiger partial charge in [0.05, 0.1) is 0 Å². The summed E-state index contributed by atoms with van der Waals surface area (Å²) in [4.78, 5) is 0. The van der Waals surface area contributed by atoms with E-state index in [9.17, 15) is 0 Å². The van der Waals surface area contributed by atoms with Crippen molar-refractivity contribution in [3.63, 3.8) is 0 Å². The van der Waals surface area contributed by atoms with E-state index in [1.807, 2.05) is 13.1 Å². The minimum absolute atomic E-state index is 0.719. The summed E-state index contributed by atoms with van der Waals surface area (Å²) < 4.78 is 1.06. The van der Waals surface area contributed by atoms with E-state index in [0.717, 1.165) is 34.3 Å². The lowest BCUT2D eigenvalue weighted by Gasteiger charge is -2.23. The predicted molar refractivity (Wildman–Crippen MR) is 82.2 cm³/mol. The van der Waals surface area contributed by atoms with Gasteiger partial charge in [0.15, 0.2) is 0 Å². The fourth-order valence-electron chi connectivity index (χ4n) is 3.07. The van der Waals surface area contributed by atoms with E-state index in [1.165, 1.54) is 31.2 Å². The largest absolute Gasteiger partial charge is 0.319 e. The first-order valence-corrected chi connectivity index (χ1v) is 7.96. The molecule has 1 nitrogen and oxygen atoms in total. The predicted octanol–water partition coefficient (Wildman–Crippen LogP) is 4.67. The van der Waals surface area contributed by atoms with Crippen LogP contribution in [0.3, 0.4) is 0 Å². The van der Waals surface area contributed by atoms with Crippen LogP contribution in [0.5, 0.6) is 0 Å². The summed E-state index contributed by atoms with van der Waals surface area (Å²) in [5.41, 5.74) is 1.28. The van der Waals surface area contributed by atoms with Crippen LogP contribution in [0.2, 0.25) is 5.02 Å². The molecule has 2 rings (SSSR count). The molecule has 0 spiro atoms. The third kappa shape index (κ3) is 3.72. The van der Waals surface area contributed by atoms with Crippen LogP contribution in [-0.2, 0) is 6.42 Å². The second kappa shape index (κ2) is 6.93. The quantitative estimate of drug-likeness (QED) is 0.827. The van der Waals surface area contributed by atoms with E-state index in [2.05, 4.69) is 33.4 Å². The molecule has 0 aliphatic heterocycles. The van der Waals surface area contributed by atoms with E-state index in [0.29, 0.717) is 0 Å². The first kappa shape index (κ1) is 14.4. The summed E-state index contributed by atoms with van der Waals surface area (Å²) in [7, 11) is 2.05. The van der Waals surface area contributed by atoms with Gasteiger partial charge in [-0.25, -0.2) is 0 Å². The highest BCUT2D eigenvalue weighted by molar-refractivity contribution is 9.10. The van der Waals surface area contributed by atoms with Crippen LogP contribution < -0.4 is 5.32 Å². The molecule has 0 radical (unpaired) electrons. The monoisotopic (exact) mass is 329 g/mol. The highest BCUT2D eigenvalue weighted by Gasteiger charge is 2.25. The van der Waals surface area contributed by atoms with E-state index in [1.54, 1.807) is 0 Å². The Morgan fingerprint density at radius 1 is 1.39 bits per heavy atom. The molecule has 1 aromatic carbocycles. The molecule has 0 saturated heterocycles. The number of nitrogens with one attached hydrogen (secondary N) is 1. The van der Waals surface area contributed by atoms with Crippen LogP contribution in [0, 0.1) is 11.8 Å². The Bertz CT molecular complexity index is 388. The van der Waals surface area contributed by atoms with Crippen LogP contribution in [0.15, 0.2) is 22.7 Å². The Morgan fingerprint density at radius 2 is 2.11 bits per heavy atom. The Balaban J connectivity index is 2.07. The molecular weight excluding hydrogens is 310 g/mol. The summed E-state index contributed by atoms with van der Waals surface area (Å²) in [6.45, 7) is 1.09. The number of halogens is 2. The van der Waals surface area contributed by atoms with Gasteiger partial charge in [-0.2, -0.15) is 0 Å². The van der Waals surface area contributed by atoms with Crippen LogP contribution in [0.25, 0.3) is 0 Å². The van der Waals surface area contributed by atoms with Gasteiger partial charge in [-0.1, -0.05) is 59.3 Å². The third-order valence-corrected chi connectivity index (χ3v) is 4.88. The van der Waals surface area contributed by atoms with Gasteiger partial charge in [0, 0.05) is 9.50 Å². The fourth-order valence-corrected chi connectivity index (χ4v) is 3.82. The first-order chi connectivity index (χ1) is 8.70. The second-order valence-corrected chi connectivity index (χ2v) is 6.63. The average Bonchev–Trinajstić information content (AvgIpc) is 2.85. The molecule has 0 bridgehead atoms. The van der Waals surface area contributed by atoms with Crippen molar-refractivity contribution in [1.29, 1.82) is 0 Å². The van der Waals surface area contributed by atoms with Gasteiger partial charge < -0.3 is 5.32 Å². The molecule has 0 heterocycles. The Hall–Kier alpha value is -0.0500. The molecule has 1 N–H and O–H groups in total. The summed E-state index contributed by atoms with van der Waals surface area (Å²) in [5.74, 6) is 1.59. The zero-order chi connectivity index (χ0) is 13.0. The summed E-state index contributed by atoms with van der Waals surface area (Å²) >= 11 is 9.79. The van der Waals surface area contributed by atoms with E-state index in [4.69, 9.17) is 11.6 Å². The van der Waals surface area contributed by atoms with Crippen LogP contribution >= 0.6 is 27.5 Å². The minimum atomic E-state index is 0.719. The topological polar surface area (TPSA) is 12.0 Å². The SMILES string of the molecule is CNCC(Cc1ccc(Br)cc1Cl)C1CCCC1. The fraction of sp³-hybridized carbons (Fsp3) is 0.600. The number of benzene rings is 1. The molecule has 1 aliphatic carbocycles. The van der Waals surface area contributed by atoms with Crippen molar-refractivity contribution in [2.24, 2.45) is 11.8 Å². The molecule has 18 heavy (non-hydrogen) atoms. The maximum atomic E-state index is 6.33. The lowest BCUT2D eigenvalue weighted by molar-refractivity contribution is 0.328. The van der Waals surface area contributed by atoms with Crippen LogP contribution in [-0.4, -0.2) is 13.6 Å². The van der Waals surface area contributed by atoms with Gasteiger partial charge in [-0.05, 0) is 49.5 Å². The summed E-state index contributed by atoms with van der Waals surface area (Å²) in [6.07, 6.45) is 6.68. The number of hydrogen-bond acceptors (Lipinski definition) is 1. The van der Waals surface area contributed by atoms with Crippen LogP contribution in [0.4, 0.5) is 0 Å². The third-order valence-electron chi connectivity index (χ3n) is 4.03. The molecule has 1 aliphatic rings. The molecule has 1 saturated carbocycles. The lowest BCUT2D eigenvalue weighted by atomic mass is 9.85. The molecule has 1 aromatic rings. The Labute approximate surface area is 123 Å². The van der Waals surface area contributed by atoms with Crippen molar-refractivity contribution in [2.45, 2.75) is 32.1 Å². The number of hydrogen-bond donors (Lipinski definition) is 1. The van der Waals surface area contributed by atoms with Gasteiger partial charge in [0.25, 0.3) is 0 Å². The molecule has 1 unspecified atom stereocenters. The van der Waals surface area contributed by atoms with Crippen LogP contribution in [0.1, 0.15) is 31.2 Å². The maximum absolute atomic E-state index is 6.33. The molecule has 100 valence electrons. The molecule has 3 heteroatoms. The first-order valence-electron chi connectivity index (χ1n) is 6.79. The van der Waals surface area contributed by atoms with Gasteiger partial charge in [-0.15, -0.1) is 0 Å². The molecule has 0 aromatic heterocycles. The highest BCUT2D eigenvalue weighted by Crippen LogP contribution is 2.34. The molecule has 1 atom stereocenters. The van der Waals surface area contributed by atoms with E-state index >= 15 is 0 Å². The lowest BCUT2D eigenvalue weighted by Crippen LogP contribution is -2.26. The van der Waals surface area contributed by atoms with Crippen molar-refractivity contribution in [1.82, 2.24) is 5.32 Å². The Morgan fingerprint density at radius 3 is 2.72 bits per heavy atom. The normalized spacial score (nSPS) is 18.2. The van der Waals surface area contributed by atoms with Crippen molar-refractivity contribution >= 4 is 27.5 Å². The van der Waals surface area contributed by atoms with E-state index < -0.39 is 0 Å². The van der Waals surface area contributed by atoms with Crippen molar-refractivity contribution < 1.29 is 0 Å². The highest BCUT2D eigenvalue weighted by atomic mass is 79.9. The zero-order valence-electron chi connectivity index (χ0n) is 10.9. The summed E-state index contributed by atoms with van der Waals surface area (Å²) in [5, 5.41) is 4.24. The van der Waals surface area contributed by atoms with Gasteiger partial charge in [0.2, 0.25) is 0 Å². The second-order valence-electron chi connectivity index (χ2n) is 5.30. The molecular formula is C15H21BrClN. The van der Waals surface area contributed by atoms with Crippen molar-refractivity contribution in [3.05, 3.63) is 33.3 Å². The maximum Gasteiger partial charge on any atom is 0.0449 e. The van der Waals surface area contributed by atoms with Gasteiger partial charge in [-0.3, -0.25) is 0 Å².